The number of amides is 2. The van der Waals surface area contributed by atoms with E-state index in [0.29, 0.717) is 24.4 Å². The SMILES string of the molecule is O=C(Nc1cccc(C(F)(F)F)n1)Nc1ccnc2ccc(C3=CCOCC3)cc12. The molecule has 1 aromatic carbocycles. The highest BCUT2D eigenvalue weighted by Gasteiger charge is 2.32. The fraction of sp³-hybridized carbons (Fsp3) is 0.190. The highest BCUT2D eigenvalue weighted by atomic mass is 19.4. The third-order valence-corrected chi connectivity index (χ3v) is 4.60. The maximum absolute atomic E-state index is 12.8. The molecule has 0 unspecified atom stereocenters. The minimum atomic E-state index is -4.59. The van der Waals surface area contributed by atoms with Crippen LogP contribution in [0.3, 0.4) is 0 Å². The van der Waals surface area contributed by atoms with Crippen LogP contribution >= 0.6 is 0 Å². The van der Waals surface area contributed by atoms with Crippen LogP contribution in [-0.4, -0.2) is 29.2 Å². The van der Waals surface area contributed by atoms with E-state index in [4.69, 9.17) is 4.74 Å². The van der Waals surface area contributed by atoms with Gasteiger partial charge >= 0.3 is 12.2 Å². The molecular formula is C21H17F3N4O2. The van der Waals surface area contributed by atoms with E-state index in [1.165, 1.54) is 12.1 Å². The average molecular weight is 414 g/mol. The number of carbonyl (C=O) groups excluding carboxylic acids is 1. The van der Waals surface area contributed by atoms with Gasteiger partial charge in [-0.1, -0.05) is 18.2 Å². The number of fused-ring (bicyclic) bond motifs is 1. The van der Waals surface area contributed by atoms with Crippen molar-refractivity contribution in [2.45, 2.75) is 12.6 Å². The van der Waals surface area contributed by atoms with Crippen molar-refractivity contribution >= 4 is 34.0 Å². The molecule has 0 bridgehead atoms. The summed E-state index contributed by atoms with van der Waals surface area (Å²) >= 11 is 0. The van der Waals surface area contributed by atoms with Gasteiger partial charge in [-0.2, -0.15) is 13.2 Å². The Morgan fingerprint density at radius 1 is 1.10 bits per heavy atom. The number of pyridine rings is 2. The molecule has 3 aromatic rings. The predicted octanol–water partition coefficient (Wildman–Crippen LogP) is 5.10. The van der Waals surface area contributed by atoms with Crippen LogP contribution in [-0.2, 0) is 10.9 Å². The molecule has 154 valence electrons. The summed E-state index contributed by atoms with van der Waals surface area (Å²) in [5.74, 6) is -0.200. The van der Waals surface area contributed by atoms with E-state index in [-0.39, 0.29) is 5.82 Å². The van der Waals surface area contributed by atoms with Gasteiger partial charge in [0.25, 0.3) is 0 Å². The second-order valence-corrected chi connectivity index (χ2v) is 6.63. The lowest BCUT2D eigenvalue weighted by Gasteiger charge is -2.15. The summed E-state index contributed by atoms with van der Waals surface area (Å²) in [6.07, 6.45) is -0.241. The molecule has 2 aromatic heterocycles. The first-order valence-corrected chi connectivity index (χ1v) is 9.18. The van der Waals surface area contributed by atoms with Gasteiger partial charge in [0.2, 0.25) is 0 Å². The first-order valence-electron chi connectivity index (χ1n) is 9.18. The molecule has 0 saturated carbocycles. The number of ether oxygens (including phenoxy) is 1. The van der Waals surface area contributed by atoms with E-state index in [2.05, 4.69) is 20.6 Å². The zero-order valence-corrected chi connectivity index (χ0v) is 15.7. The van der Waals surface area contributed by atoms with Gasteiger partial charge in [-0.15, -0.1) is 0 Å². The number of urea groups is 1. The molecule has 4 rings (SSSR count). The zero-order chi connectivity index (χ0) is 21.1. The summed E-state index contributed by atoms with van der Waals surface area (Å²) < 4.78 is 43.8. The molecule has 1 aliphatic rings. The Morgan fingerprint density at radius 2 is 1.97 bits per heavy atom. The smallest absolute Gasteiger partial charge is 0.377 e. The van der Waals surface area contributed by atoms with Crippen molar-refractivity contribution in [3.8, 4) is 0 Å². The number of carbonyl (C=O) groups is 1. The number of alkyl halides is 3. The molecule has 0 aliphatic carbocycles. The second-order valence-electron chi connectivity index (χ2n) is 6.63. The van der Waals surface area contributed by atoms with E-state index >= 15 is 0 Å². The molecule has 1 aliphatic heterocycles. The lowest BCUT2D eigenvalue weighted by Crippen LogP contribution is -2.21. The average Bonchev–Trinajstić information content (AvgIpc) is 2.74. The van der Waals surface area contributed by atoms with E-state index in [9.17, 15) is 18.0 Å². The Hall–Kier alpha value is -3.46. The number of hydrogen-bond acceptors (Lipinski definition) is 4. The maximum atomic E-state index is 12.8. The van der Waals surface area contributed by atoms with E-state index in [0.717, 1.165) is 29.0 Å². The van der Waals surface area contributed by atoms with Crippen molar-refractivity contribution in [3.63, 3.8) is 0 Å². The fourth-order valence-corrected chi connectivity index (χ4v) is 3.18. The van der Waals surface area contributed by atoms with Crippen LogP contribution in [0.2, 0.25) is 0 Å². The molecule has 0 spiro atoms. The number of nitrogens with zero attached hydrogens (tertiary/aromatic N) is 2. The minimum absolute atomic E-state index is 0.200. The van der Waals surface area contributed by atoms with Crippen LogP contribution in [0.15, 0.2) is 54.7 Å². The Balaban J connectivity index is 1.57. The van der Waals surface area contributed by atoms with Gasteiger partial charge in [0.1, 0.15) is 11.5 Å². The molecule has 2 amide bonds. The van der Waals surface area contributed by atoms with Crippen LogP contribution in [0, 0.1) is 0 Å². The molecule has 0 saturated heterocycles. The van der Waals surface area contributed by atoms with Crippen molar-refractivity contribution in [2.75, 3.05) is 23.8 Å². The molecule has 2 N–H and O–H groups in total. The quantitative estimate of drug-likeness (QED) is 0.626. The van der Waals surface area contributed by atoms with Crippen molar-refractivity contribution in [2.24, 2.45) is 0 Å². The van der Waals surface area contributed by atoms with Crippen molar-refractivity contribution in [1.29, 1.82) is 0 Å². The highest BCUT2D eigenvalue weighted by Crippen LogP contribution is 2.29. The summed E-state index contributed by atoms with van der Waals surface area (Å²) in [5, 5.41) is 5.72. The van der Waals surface area contributed by atoms with Crippen LogP contribution in [0.5, 0.6) is 0 Å². The lowest BCUT2D eigenvalue weighted by atomic mass is 9.99. The molecule has 9 heteroatoms. The molecule has 6 nitrogen and oxygen atoms in total. The Labute approximate surface area is 169 Å². The predicted molar refractivity (Wildman–Crippen MR) is 107 cm³/mol. The van der Waals surface area contributed by atoms with Crippen molar-refractivity contribution in [3.05, 3.63) is 66.0 Å². The summed E-state index contributed by atoms with van der Waals surface area (Å²) in [5.41, 5.74) is 2.24. The minimum Gasteiger partial charge on any atom is -0.377 e. The van der Waals surface area contributed by atoms with Crippen LogP contribution in [0.1, 0.15) is 17.7 Å². The number of aromatic nitrogens is 2. The number of benzene rings is 1. The molecule has 0 radical (unpaired) electrons. The summed E-state index contributed by atoms with van der Waals surface area (Å²) in [4.78, 5) is 20.1. The normalized spacial score (nSPS) is 14.3. The molecule has 3 heterocycles. The number of nitrogens with one attached hydrogen (secondary N) is 2. The lowest BCUT2D eigenvalue weighted by molar-refractivity contribution is -0.141. The largest absolute Gasteiger partial charge is 0.433 e. The van der Waals surface area contributed by atoms with Gasteiger partial charge < -0.3 is 10.1 Å². The van der Waals surface area contributed by atoms with Gasteiger partial charge in [-0.3, -0.25) is 10.3 Å². The Kier molecular flexibility index (Phi) is 5.37. The number of halogens is 3. The zero-order valence-electron chi connectivity index (χ0n) is 15.7. The highest BCUT2D eigenvalue weighted by molar-refractivity contribution is 6.05. The Bertz CT molecular complexity index is 1130. The van der Waals surface area contributed by atoms with E-state index in [1.807, 2.05) is 24.3 Å². The van der Waals surface area contributed by atoms with Gasteiger partial charge in [0.05, 0.1) is 24.4 Å². The van der Waals surface area contributed by atoms with Gasteiger partial charge in [0, 0.05) is 11.6 Å². The van der Waals surface area contributed by atoms with Gasteiger partial charge in [-0.05, 0) is 47.9 Å². The molecular weight excluding hydrogens is 397 g/mol. The number of hydrogen-bond donors (Lipinski definition) is 2. The van der Waals surface area contributed by atoms with Crippen molar-refractivity contribution in [1.82, 2.24) is 9.97 Å². The first-order chi connectivity index (χ1) is 14.4. The first kappa shape index (κ1) is 19.8. The third-order valence-electron chi connectivity index (χ3n) is 4.60. The monoisotopic (exact) mass is 414 g/mol. The van der Waals surface area contributed by atoms with Gasteiger partial charge in [-0.25, -0.2) is 9.78 Å². The maximum Gasteiger partial charge on any atom is 0.433 e. The van der Waals surface area contributed by atoms with Crippen LogP contribution in [0.4, 0.5) is 29.5 Å². The number of rotatable bonds is 3. The fourth-order valence-electron chi connectivity index (χ4n) is 3.18. The summed E-state index contributed by atoms with van der Waals surface area (Å²) in [6.45, 7) is 1.20. The van der Waals surface area contributed by atoms with Crippen LogP contribution in [0.25, 0.3) is 16.5 Å². The van der Waals surface area contributed by atoms with Gasteiger partial charge in [0.15, 0.2) is 0 Å². The summed E-state index contributed by atoms with van der Waals surface area (Å²) in [7, 11) is 0. The van der Waals surface area contributed by atoms with Crippen LogP contribution < -0.4 is 10.6 Å². The van der Waals surface area contributed by atoms with Crippen molar-refractivity contribution < 1.29 is 22.7 Å². The standard InChI is InChI=1S/C21H17F3N4O2/c22-21(23,24)18-2-1-3-19(27-18)28-20(29)26-17-6-9-25-16-5-4-14(12-15(16)17)13-7-10-30-11-8-13/h1-7,9,12H,8,10-11H2,(H2,25,26,27,28,29). The number of anilines is 2. The summed E-state index contributed by atoms with van der Waals surface area (Å²) in [6, 6.07) is 9.98. The third kappa shape index (κ3) is 4.41. The topological polar surface area (TPSA) is 76.1 Å². The molecule has 30 heavy (non-hydrogen) atoms. The Morgan fingerprint density at radius 3 is 2.73 bits per heavy atom. The molecule has 0 fully saturated rings. The molecule has 0 atom stereocenters. The second kappa shape index (κ2) is 8.11. The van der Waals surface area contributed by atoms with E-state index < -0.39 is 17.9 Å². The van der Waals surface area contributed by atoms with E-state index in [1.54, 1.807) is 12.3 Å².